The lowest BCUT2D eigenvalue weighted by molar-refractivity contribution is -0.0616. The molecule has 0 spiro atoms. The van der Waals surface area contributed by atoms with Gasteiger partial charge in [0.25, 0.3) is 0 Å². The third kappa shape index (κ3) is 1.32. The van der Waals surface area contributed by atoms with Crippen LogP contribution in [0, 0.1) is 0 Å². The van der Waals surface area contributed by atoms with Crippen LogP contribution in [0.4, 0.5) is 0 Å². The summed E-state index contributed by atoms with van der Waals surface area (Å²) in [6.45, 7) is 0. The Kier molecular flexibility index (Phi) is 2.33. The molecule has 0 saturated heterocycles. The molecule has 2 bridgehead atoms. The summed E-state index contributed by atoms with van der Waals surface area (Å²) < 4.78 is 11.3. The van der Waals surface area contributed by atoms with Gasteiger partial charge in [-0.1, -0.05) is 0 Å². The molecule has 1 aromatic rings. The monoisotopic (exact) mass is 234 g/mol. The lowest BCUT2D eigenvalue weighted by Crippen LogP contribution is -2.39. The number of methoxy groups -OCH3 is 2. The number of aromatic hydroxyl groups is 1. The minimum Gasteiger partial charge on any atom is -0.508 e. The van der Waals surface area contributed by atoms with Gasteiger partial charge >= 0.3 is 0 Å². The minimum absolute atomic E-state index is 0.242. The number of rotatable bonds is 2. The summed E-state index contributed by atoms with van der Waals surface area (Å²) in [5.74, 6) is 1.72. The predicted molar refractivity (Wildman–Crippen MR) is 64.6 cm³/mol. The molecule has 3 aliphatic carbocycles. The molecular formula is C14H18O3. The quantitative estimate of drug-likeness (QED) is 0.855. The van der Waals surface area contributed by atoms with Gasteiger partial charge in [-0.05, 0) is 43.7 Å². The molecule has 0 heterocycles. The molecule has 3 aliphatic rings. The second-order valence-electron chi connectivity index (χ2n) is 5.05. The SMILES string of the molecule is COc1ccc(O)c2c1C1(OC)CCC2CC1. The van der Waals surface area contributed by atoms with Crippen molar-refractivity contribution >= 4 is 0 Å². The Hall–Kier alpha value is -1.22. The maximum Gasteiger partial charge on any atom is 0.125 e. The fourth-order valence-electron chi connectivity index (χ4n) is 3.57. The van der Waals surface area contributed by atoms with Crippen molar-refractivity contribution in [2.24, 2.45) is 0 Å². The third-order valence-corrected chi connectivity index (χ3v) is 4.45. The number of phenolic OH excluding ortho intramolecular Hbond substituents is 1. The first-order chi connectivity index (χ1) is 8.22. The third-order valence-electron chi connectivity index (χ3n) is 4.45. The molecule has 3 nitrogen and oxygen atoms in total. The largest absolute Gasteiger partial charge is 0.508 e. The molecule has 1 fully saturated rings. The predicted octanol–water partition coefficient (Wildman–Crippen LogP) is 2.91. The van der Waals surface area contributed by atoms with Gasteiger partial charge in [0.1, 0.15) is 11.5 Å². The molecular weight excluding hydrogens is 216 g/mol. The Labute approximate surface area is 101 Å². The highest BCUT2D eigenvalue weighted by Crippen LogP contribution is 2.58. The fraction of sp³-hybridized carbons (Fsp3) is 0.571. The maximum absolute atomic E-state index is 10.1. The Morgan fingerprint density at radius 3 is 2.53 bits per heavy atom. The van der Waals surface area contributed by atoms with Gasteiger partial charge in [0.05, 0.1) is 12.7 Å². The molecule has 0 aliphatic heterocycles. The highest BCUT2D eigenvalue weighted by atomic mass is 16.5. The van der Waals surface area contributed by atoms with Gasteiger partial charge < -0.3 is 14.6 Å². The summed E-state index contributed by atoms with van der Waals surface area (Å²) in [5, 5.41) is 10.1. The second-order valence-corrected chi connectivity index (χ2v) is 5.05. The maximum atomic E-state index is 10.1. The van der Waals surface area contributed by atoms with E-state index in [4.69, 9.17) is 9.47 Å². The standard InChI is InChI=1S/C14H18O3/c1-16-11-4-3-10(15)12-9-5-7-14(17-2,8-6-9)13(11)12/h3-4,9,15H,5-8H2,1-2H3. The Balaban J connectivity index is 2.28. The lowest BCUT2D eigenvalue weighted by Gasteiger charge is -2.47. The van der Waals surface area contributed by atoms with Crippen LogP contribution in [0.15, 0.2) is 12.1 Å². The summed E-state index contributed by atoms with van der Waals surface area (Å²) in [6, 6.07) is 3.58. The van der Waals surface area contributed by atoms with Crippen LogP contribution >= 0.6 is 0 Å². The van der Waals surface area contributed by atoms with Crippen molar-refractivity contribution in [3.63, 3.8) is 0 Å². The first-order valence-electron chi connectivity index (χ1n) is 6.17. The minimum atomic E-state index is -0.242. The highest BCUT2D eigenvalue weighted by molar-refractivity contribution is 5.55. The van der Waals surface area contributed by atoms with Gasteiger partial charge in [0, 0.05) is 18.2 Å². The molecule has 1 N–H and O–H groups in total. The Bertz CT molecular complexity index is 445. The zero-order chi connectivity index (χ0) is 12.0. The van der Waals surface area contributed by atoms with Crippen LogP contribution in [0.5, 0.6) is 11.5 Å². The number of hydrogen-bond donors (Lipinski definition) is 1. The molecule has 1 saturated carbocycles. The van der Waals surface area contributed by atoms with Gasteiger partial charge in [0.2, 0.25) is 0 Å². The summed E-state index contributed by atoms with van der Waals surface area (Å²) in [6.07, 6.45) is 4.26. The van der Waals surface area contributed by atoms with E-state index in [9.17, 15) is 5.11 Å². The summed E-state index contributed by atoms with van der Waals surface area (Å²) >= 11 is 0. The fourth-order valence-corrected chi connectivity index (χ4v) is 3.57. The normalized spacial score (nSPS) is 30.1. The molecule has 1 aromatic carbocycles. The average Bonchev–Trinajstić information content (AvgIpc) is 2.40. The first kappa shape index (κ1) is 10.9. The van der Waals surface area contributed by atoms with E-state index in [1.54, 1.807) is 20.3 Å². The zero-order valence-corrected chi connectivity index (χ0v) is 10.3. The number of phenols is 1. The summed E-state index contributed by atoms with van der Waals surface area (Å²) in [7, 11) is 3.44. The van der Waals surface area contributed by atoms with Crippen molar-refractivity contribution in [2.45, 2.75) is 37.2 Å². The van der Waals surface area contributed by atoms with Crippen LogP contribution in [0.25, 0.3) is 0 Å². The van der Waals surface area contributed by atoms with Crippen LogP contribution in [-0.4, -0.2) is 19.3 Å². The van der Waals surface area contributed by atoms with Crippen LogP contribution < -0.4 is 4.74 Å². The van der Waals surface area contributed by atoms with Gasteiger partial charge in [-0.25, -0.2) is 0 Å². The molecule has 92 valence electrons. The van der Waals surface area contributed by atoms with Crippen molar-refractivity contribution in [1.29, 1.82) is 0 Å². The van der Waals surface area contributed by atoms with E-state index < -0.39 is 0 Å². The van der Waals surface area contributed by atoms with Gasteiger partial charge in [-0.3, -0.25) is 0 Å². The Morgan fingerprint density at radius 2 is 1.94 bits per heavy atom. The van der Waals surface area contributed by atoms with E-state index in [0.29, 0.717) is 11.7 Å². The molecule has 0 aromatic heterocycles. The molecule has 4 rings (SSSR count). The molecule has 0 radical (unpaired) electrons. The molecule has 17 heavy (non-hydrogen) atoms. The van der Waals surface area contributed by atoms with E-state index in [2.05, 4.69) is 0 Å². The zero-order valence-electron chi connectivity index (χ0n) is 10.3. The van der Waals surface area contributed by atoms with Crippen molar-refractivity contribution in [3.05, 3.63) is 23.3 Å². The number of fused-ring (bicyclic) bond motifs is 2. The van der Waals surface area contributed by atoms with Gasteiger partial charge in [0.15, 0.2) is 0 Å². The second kappa shape index (κ2) is 3.64. The highest BCUT2D eigenvalue weighted by Gasteiger charge is 2.48. The van der Waals surface area contributed by atoms with Crippen molar-refractivity contribution < 1.29 is 14.6 Å². The first-order valence-corrected chi connectivity index (χ1v) is 6.17. The lowest BCUT2D eigenvalue weighted by atomic mass is 9.63. The van der Waals surface area contributed by atoms with Crippen LogP contribution in [-0.2, 0) is 10.3 Å². The Morgan fingerprint density at radius 1 is 1.24 bits per heavy atom. The van der Waals surface area contributed by atoms with Crippen molar-refractivity contribution in [2.75, 3.05) is 14.2 Å². The van der Waals surface area contributed by atoms with Crippen LogP contribution in [0.1, 0.15) is 42.7 Å². The summed E-state index contributed by atoms with van der Waals surface area (Å²) in [4.78, 5) is 0. The van der Waals surface area contributed by atoms with E-state index >= 15 is 0 Å². The van der Waals surface area contributed by atoms with E-state index in [1.807, 2.05) is 6.07 Å². The number of benzene rings is 1. The molecule has 0 unspecified atom stereocenters. The van der Waals surface area contributed by atoms with Gasteiger partial charge in [-0.15, -0.1) is 0 Å². The van der Waals surface area contributed by atoms with E-state index in [1.165, 1.54) is 0 Å². The van der Waals surface area contributed by atoms with Gasteiger partial charge in [-0.2, -0.15) is 0 Å². The van der Waals surface area contributed by atoms with Crippen LogP contribution in [0.3, 0.4) is 0 Å². The average molecular weight is 234 g/mol. The molecule has 3 heteroatoms. The van der Waals surface area contributed by atoms with Crippen LogP contribution in [0.2, 0.25) is 0 Å². The van der Waals surface area contributed by atoms with E-state index in [-0.39, 0.29) is 5.60 Å². The molecule has 0 atom stereocenters. The van der Waals surface area contributed by atoms with Crippen molar-refractivity contribution in [1.82, 2.24) is 0 Å². The smallest absolute Gasteiger partial charge is 0.125 e. The summed E-state index contributed by atoms with van der Waals surface area (Å²) in [5.41, 5.74) is 1.91. The molecule has 0 amide bonds. The topological polar surface area (TPSA) is 38.7 Å². The number of ether oxygens (including phenoxy) is 2. The van der Waals surface area contributed by atoms with E-state index in [0.717, 1.165) is 42.6 Å². The van der Waals surface area contributed by atoms with Crippen molar-refractivity contribution in [3.8, 4) is 11.5 Å². The number of hydrogen-bond acceptors (Lipinski definition) is 3.